The van der Waals surface area contributed by atoms with Gasteiger partial charge < -0.3 is 4.42 Å². The van der Waals surface area contributed by atoms with Gasteiger partial charge in [-0.05, 0) is 13.8 Å². The molecule has 76 valence electrons. The van der Waals surface area contributed by atoms with Crippen molar-refractivity contribution in [3.05, 3.63) is 59.0 Å². The lowest BCUT2D eigenvalue weighted by Crippen LogP contribution is -2.01. The van der Waals surface area contributed by atoms with Crippen molar-refractivity contribution in [2.45, 2.75) is 13.8 Å². The summed E-state index contributed by atoms with van der Waals surface area (Å²) in [6.45, 7) is 3.76. The molecule has 0 atom stereocenters. The van der Waals surface area contributed by atoms with Gasteiger partial charge in [-0.15, -0.1) is 0 Å². The number of rotatable bonds is 2. The minimum atomic E-state index is 0.0185. The quantitative estimate of drug-likeness (QED) is 0.697. The van der Waals surface area contributed by atoms with Gasteiger partial charge in [-0.2, -0.15) is 0 Å². The van der Waals surface area contributed by atoms with Crippen molar-refractivity contribution in [1.82, 2.24) is 0 Å². The Morgan fingerprint density at radius 2 is 1.80 bits per heavy atom. The Morgan fingerprint density at radius 3 is 2.33 bits per heavy atom. The van der Waals surface area contributed by atoms with Crippen LogP contribution in [-0.2, 0) is 0 Å². The van der Waals surface area contributed by atoms with Crippen LogP contribution in [0, 0.1) is 13.8 Å². The van der Waals surface area contributed by atoms with Crippen molar-refractivity contribution in [3.63, 3.8) is 0 Å². The van der Waals surface area contributed by atoms with E-state index >= 15 is 0 Å². The molecule has 0 spiro atoms. The number of hydrogen-bond acceptors (Lipinski definition) is 2. The summed E-state index contributed by atoms with van der Waals surface area (Å²) in [5, 5.41) is 0. The van der Waals surface area contributed by atoms with Crippen LogP contribution in [0.5, 0.6) is 0 Å². The smallest absolute Gasteiger partial charge is 0.196 e. The number of furan rings is 1. The van der Waals surface area contributed by atoms with Crippen LogP contribution in [0.3, 0.4) is 0 Å². The van der Waals surface area contributed by atoms with Gasteiger partial charge in [0.15, 0.2) is 5.78 Å². The zero-order valence-corrected chi connectivity index (χ0v) is 8.78. The fourth-order valence-electron chi connectivity index (χ4n) is 1.48. The summed E-state index contributed by atoms with van der Waals surface area (Å²) >= 11 is 0. The first-order valence-electron chi connectivity index (χ1n) is 4.84. The number of hydrogen-bond donors (Lipinski definition) is 0. The predicted molar refractivity (Wildman–Crippen MR) is 58.1 cm³/mol. The van der Waals surface area contributed by atoms with Gasteiger partial charge in [0.25, 0.3) is 0 Å². The van der Waals surface area contributed by atoms with Gasteiger partial charge in [-0.3, -0.25) is 4.79 Å². The lowest BCUT2D eigenvalue weighted by atomic mass is 10.0. The average molecular weight is 200 g/mol. The molecule has 0 aliphatic rings. The van der Waals surface area contributed by atoms with E-state index in [0.717, 1.165) is 11.3 Å². The summed E-state index contributed by atoms with van der Waals surface area (Å²) in [6.07, 6.45) is 1.53. The number of benzene rings is 1. The van der Waals surface area contributed by atoms with Crippen molar-refractivity contribution < 1.29 is 9.21 Å². The molecular weight excluding hydrogens is 188 g/mol. The topological polar surface area (TPSA) is 30.2 Å². The molecular formula is C13H12O2. The van der Waals surface area contributed by atoms with Crippen LogP contribution in [0.25, 0.3) is 0 Å². The Labute approximate surface area is 88.5 Å². The maximum Gasteiger partial charge on any atom is 0.196 e. The van der Waals surface area contributed by atoms with Gasteiger partial charge >= 0.3 is 0 Å². The van der Waals surface area contributed by atoms with Crippen molar-refractivity contribution in [3.8, 4) is 0 Å². The monoisotopic (exact) mass is 200 g/mol. The molecule has 0 N–H and O–H groups in total. The summed E-state index contributed by atoms with van der Waals surface area (Å²) in [7, 11) is 0. The molecule has 1 aromatic carbocycles. The summed E-state index contributed by atoms with van der Waals surface area (Å²) in [6, 6.07) is 9.23. The number of carbonyl (C=O) groups is 1. The van der Waals surface area contributed by atoms with E-state index in [1.54, 1.807) is 0 Å². The standard InChI is InChI=1S/C13H12O2/c1-9-10(2)15-8-12(9)13(14)11-6-4-3-5-7-11/h3-8H,1-2H3. The molecule has 0 saturated carbocycles. The third-order valence-corrected chi connectivity index (χ3v) is 2.57. The normalized spacial score (nSPS) is 10.3. The largest absolute Gasteiger partial charge is 0.469 e. The van der Waals surface area contributed by atoms with E-state index in [9.17, 15) is 4.79 Å². The van der Waals surface area contributed by atoms with Crippen LogP contribution in [0.2, 0.25) is 0 Å². The Balaban J connectivity index is 2.42. The highest BCUT2D eigenvalue weighted by molar-refractivity contribution is 6.09. The fourth-order valence-corrected chi connectivity index (χ4v) is 1.48. The summed E-state index contributed by atoms with van der Waals surface area (Å²) in [5.41, 5.74) is 2.27. The molecule has 0 fully saturated rings. The second kappa shape index (κ2) is 3.73. The summed E-state index contributed by atoms with van der Waals surface area (Å²) < 4.78 is 5.22. The third-order valence-electron chi connectivity index (χ3n) is 2.57. The van der Waals surface area contributed by atoms with E-state index in [1.165, 1.54) is 6.26 Å². The lowest BCUT2D eigenvalue weighted by molar-refractivity contribution is 0.103. The van der Waals surface area contributed by atoms with E-state index in [4.69, 9.17) is 4.42 Å². The van der Waals surface area contributed by atoms with Crippen molar-refractivity contribution in [1.29, 1.82) is 0 Å². The second-order valence-electron chi connectivity index (χ2n) is 3.53. The molecule has 1 aromatic heterocycles. The average Bonchev–Trinajstić information content (AvgIpc) is 2.60. The van der Waals surface area contributed by atoms with Crippen molar-refractivity contribution in [2.24, 2.45) is 0 Å². The van der Waals surface area contributed by atoms with Crippen LogP contribution >= 0.6 is 0 Å². The molecule has 0 saturated heterocycles. The first-order chi connectivity index (χ1) is 7.20. The first-order valence-corrected chi connectivity index (χ1v) is 4.84. The molecule has 2 aromatic rings. The molecule has 2 rings (SSSR count). The van der Waals surface area contributed by atoms with Gasteiger partial charge in [0.2, 0.25) is 0 Å². The van der Waals surface area contributed by atoms with E-state index in [0.29, 0.717) is 11.1 Å². The predicted octanol–water partition coefficient (Wildman–Crippen LogP) is 3.13. The maximum absolute atomic E-state index is 12.0. The van der Waals surface area contributed by atoms with Gasteiger partial charge in [-0.1, -0.05) is 30.3 Å². The van der Waals surface area contributed by atoms with Gasteiger partial charge in [0.1, 0.15) is 12.0 Å². The Bertz CT molecular complexity index is 480. The highest BCUT2D eigenvalue weighted by atomic mass is 16.3. The summed E-state index contributed by atoms with van der Waals surface area (Å²) in [5.74, 6) is 0.819. The van der Waals surface area contributed by atoms with Crippen molar-refractivity contribution >= 4 is 5.78 Å². The van der Waals surface area contributed by atoms with Crippen LogP contribution in [-0.4, -0.2) is 5.78 Å². The van der Waals surface area contributed by atoms with Crippen LogP contribution in [0.1, 0.15) is 27.2 Å². The highest BCUT2D eigenvalue weighted by Gasteiger charge is 2.15. The maximum atomic E-state index is 12.0. The molecule has 0 aliphatic carbocycles. The van der Waals surface area contributed by atoms with E-state index < -0.39 is 0 Å². The van der Waals surface area contributed by atoms with Crippen molar-refractivity contribution in [2.75, 3.05) is 0 Å². The Kier molecular flexibility index (Phi) is 2.42. The van der Waals surface area contributed by atoms with E-state index in [2.05, 4.69) is 0 Å². The zero-order chi connectivity index (χ0) is 10.8. The fraction of sp³-hybridized carbons (Fsp3) is 0.154. The molecule has 0 unspecified atom stereocenters. The van der Waals surface area contributed by atoms with E-state index in [1.807, 2.05) is 44.2 Å². The first kappa shape index (κ1) is 9.71. The Hall–Kier alpha value is -1.83. The molecule has 1 heterocycles. The minimum absolute atomic E-state index is 0.0185. The summed E-state index contributed by atoms with van der Waals surface area (Å²) in [4.78, 5) is 12.0. The highest BCUT2D eigenvalue weighted by Crippen LogP contribution is 2.18. The molecule has 2 heteroatoms. The number of aryl methyl sites for hydroxylation is 1. The second-order valence-corrected chi connectivity index (χ2v) is 3.53. The zero-order valence-electron chi connectivity index (χ0n) is 8.78. The SMILES string of the molecule is Cc1occ(C(=O)c2ccccc2)c1C. The Morgan fingerprint density at radius 1 is 1.13 bits per heavy atom. The number of carbonyl (C=O) groups excluding carboxylic acids is 1. The molecule has 0 aliphatic heterocycles. The van der Waals surface area contributed by atoms with Gasteiger partial charge in [0, 0.05) is 11.1 Å². The van der Waals surface area contributed by atoms with Gasteiger partial charge in [-0.25, -0.2) is 0 Å². The molecule has 15 heavy (non-hydrogen) atoms. The third kappa shape index (κ3) is 1.71. The van der Waals surface area contributed by atoms with Crippen LogP contribution in [0.4, 0.5) is 0 Å². The number of ketones is 1. The van der Waals surface area contributed by atoms with Crippen LogP contribution in [0.15, 0.2) is 41.0 Å². The lowest BCUT2D eigenvalue weighted by Gasteiger charge is -1.98. The van der Waals surface area contributed by atoms with Gasteiger partial charge in [0.05, 0.1) is 5.56 Å². The minimum Gasteiger partial charge on any atom is -0.469 e. The molecule has 0 bridgehead atoms. The molecule has 2 nitrogen and oxygen atoms in total. The van der Waals surface area contributed by atoms with E-state index in [-0.39, 0.29) is 5.78 Å². The molecule has 0 amide bonds. The molecule has 0 radical (unpaired) electrons. The van der Waals surface area contributed by atoms with Crippen LogP contribution < -0.4 is 0 Å².